The average Bonchev–Trinajstić information content (AvgIpc) is 2.49. The summed E-state index contributed by atoms with van der Waals surface area (Å²) in [6.45, 7) is 7.25. The number of hydrogen-bond acceptors (Lipinski definition) is 3. The van der Waals surface area contributed by atoms with Gasteiger partial charge < -0.3 is 10.5 Å². The first-order chi connectivity index (χ1) is 9.26. The third kappa shape index (κ3) is 3.56. The second kappa shape index (κ2) is 7.04. The first-order valence-corrected chi connectivity index (χ1v) is 7.42. The molecule has 0 amide bonds. The summed E-state index contributed by atoms with van der Waals surface area (Å²) in [7, 11) is 0. The third-order valence-corrected chi connectivity index (χ3v) is 4.11. The zero-order valence-electron chi connectivity index (χ0n) is 12.1. The van der Waals surface area contributed by atoms with E-state index < -0.39 is 0 Å². The maximum Gasteiger partial charge on any atom is 0.0700 e. The molecule has 1 saturated heterocycles. The second-order valence-electron chi connectivity index (χ2n) is 5.31. The Balaban J connectivity index is 2.06. The average molecular weight is 262 g/mol. The van der Waals surface area contributed by atoms with Crippen LogP contribution in [0.2, 0.25) is 0 Å². The fourth-order valence-electron chi connectivity index (χ4n) is 2.93. The van der Waals surface area contributed by atoms with Crippen LogP contribution in [0.1, 0.15) is 38.3 Å². The van der Waals surface area contributed by atoms with Crippen molar-refractivity contribution in [3.05, 3.63) is 35.9 Å². The molecule has 1 fully saturated rings. The summed E-state index contributed by atoms with van der Waals surface area (Å²) in [5.74, 6) is 0. The van der Waals surface area contributed by atoms with Crippen molar-refractivity contribution in [1.29, 1.82) is 0 Å². The van der Waals surface area contributed by atoms with Crippen LogP contribution in [0.3, 0.4) is 0 Å². The van der Waals surface area contributed by atoms with Gasteiger partial charge in [-0.1, -0.05) is 44.2 Å². The quantitative estimate of drug-likeness (QED) is 0.886. The molecule has 3 nitrogen and oxygen atoms in total. The summed E-state index contributed by atoms with van der Waals surface area (Å²) in [5, 5.41) is 0. The minimum Gasteiger partial charge on any atom is -0.376 e. The molecule has 19 heavy (non-hydrogen) atoms. The lowest BCUT2D eigenvalue weighted by Crippen LogP contribution is -2.50. The Bertz CT molecular complexity index is 368. The molecule has 3 unspecified atom stereocenters. The van der Waals surface area contributed by atoms with Gasteiger partial charge in [0.2, 0.25) is 0 Å². The Hall–Kier alpha value is -0.900. The van der Waals surface area contributed by atoms with Gasteiger partial charge in [0.15, 0.2) is 0 Å². The number of rotatable bonds is 5. The molecule has 1 heterocycles. The van der Waals surface area contributed by atoms with Gasteiger partial charge in [0.1, 0.15) is 0 Å². The lowest BCUT2D eigenvalue weighted by molar-refractivity contribution is -0.0485. The number of nitrogens with two attached hydrogens (primary N) is 1. The molecule has 2 rings (SSSR count). The predicted octanol–water partition coefficient (Wildman–Crippen LogP) is 2.58. The van der Waals surface area contributed by atoms with Crippen molar-refractivity contribution < 1.29 is 4.74 Å². The third-order valence-electron chi connectivity index (χ3n) is 4.11. The van der Waals surface area contributed by atoms with E-state index in [1.165, 1.54) is 5.56 Å². The van der Waals surface area contributed by atoms with Crippen LogP contribution in [-0.2, 0) is 4.74 Å². The lowest BCUT2D eigenvalue weighted by Gasteiger charge is -2.40. The van der Waals surface area contributed by atoms with Gasteiger partial charge in [0, 0.05) is 25.2 Å². The fraction of sp³-hybridized carbons (Fsp3) is 0.625. The predicted molar refractivity (Wildman–Crippen MR) is 79.1 cm³/mol. The van der Waals surface area contributed by atoms with Crippen LogP contribution < -0.4 is 5.73 Å². The van der Waals surface area contributed by atoms with Crippen molar-refractivity contribution in [2.24, 2.45) is 5.73 Å². The molecular formula is C16H26N2O. The Labute approximate surface area is 116 Å². The summed E-state index contributed by atoms with van der Waals surface area (Å²) in [6, 6.07) is 10.9. The van der Waals surface area contributed by atoms with E-state index >= 15 is 0 Å². The first kappa shape index (κ1) is 14.5. The largest absolute Gasteiger partial charge is 0.376 e. The van der Waals surface area contributed by atoms with E-state index in [2.05, 4.69) is 43.0 Å². The molecule has 3 atom stereocenters. The molecule has 1 aliphatic heterocycles. The number of benzene rings is 1. The minimum atomic E-state index is 0.0850. The molecule has 0 aromatic heterocycles. The molecule has 0 aliphatic carbocycles. The summed E-state index contributed by atoms with van der Waals surface area (Å²) in [6.07, 6.45) is 2.52. The van der Waals surface area contributed by atoms with Gasteiger partial charge in [-0.25, -0.2) is 0 Å². The van der Waals surface area contributed by atoms with Gasteiger partial charge in [0.25, 0.3) is 0 Å². The maximum atomic E-state index is 6.49. The van der Waals surface area contributed by atoms with Gasteiger partial charge in [-0.3, -0.25) is 4.90 Å². The van der Waals surface area contributed by atoms with Crippen molar-refractivity contribution in [3.63, 3.8) is 0 Å². The Morgan fingerprint density at radius 3 is 2.68 bits per heavy atom. The van der Waals surface area contributed by atoms with Crippen molar-refractivity contribution in [2.45, 2.75) is 44.9 Å². The van der Waals surface area contributed by atoms with Crippen molar-refractivity contribution in [1.82, 2.24) is 4.90 Å². The normalized spacial score (nSPS) is 24.1. The molecule has 0 radical (unpaired) electrons. The highest BCUT2D eigenvalue weighted by molar-refractivity contribution is 5.20. The Morgan fingerprint density at radius 1 is 1.32 bits per heavy atom. The molecular weight excluding hydrogens is 236 g/mol. The Kier molecular flexibility index (Phi) is 5.37. The standard InChI is InChI=1S/C16H26N2O/c1-3-14-12-18(10-11-19-14)15(4-2)16(17)13-8-6-5-7-9-13/h5-9,14-16H,3-4,10-12,17H2,1-2H3. The summed E-state index contributed by atoms with van der Waals surface area (Å²) in [4.78, 5) is 2.51. The molecule has 1 aromatic carbocycles. The molecule has 2 N–H and O–H groups in total. The topological polar surface area (TPSA) is 38.5 Å². The number of nitrogens with zero attached hydrogens (tertiary/aromatic N) is 1. The van der Waals surface area contributed by atoms with Crippen LogP contribution in [0.5, 0.6) is 0 Å². The lowest BCUT2D eigenvalue weighted by atomic mass is 9.96. The number of hydrogen-bond donors (Lipinski definition) is 1. The maximum absolute atomic E-state index is 6.49. The van der Waals surface area contributed by atoms with Gasteiger partial charge >= 0.3 is 0 Å². The van der Waals surface area contributed by atoms with E-state index in [1.54, 1.807) is 0 Å². The van der Waals surface area contributed by atoms with Gasteiger partial charge in [-0.2, -0.15) is 0 Å². The monoisotopic (exact) mass is 262 g/mol. The van der Waals surface area contributed by atoms with Gasteiger partial charge in [0.05, 0.1) is 12.7 Å². The van der Waals surface area contributed by atoms with Crippen molar-refractivity contribution in [2.75, 3.05) is 19.7 Å². The zero-order chi connectivity index (χ0) is 13.7. The van der Waals surface area contributed by atoms with Gasteiger partial charge in [-0.15, -0.1) is 0 Å². The van der Waals surface area contributed by atoms with E-state index in [9.17, 15) is 0 Å². The van der Waals surface area contributed by atoms with Crippen LogP contribution >= 0.6 is 0 Å². The fourth-order valence-corrected chi connectivity index (χ4v) is 2.93. The molecule has 3 heteroatoms. The highest BCUT2D eigenvalue weighted by Crippen LogP contribution is 2.23. The molecule has 0 bridgehead atoms. The highest BCUT2D eigenvalue weighted by atomic mass is 16.5. The molecule has 0 saturated carbocycles. The van der Waals surface area contributed by atoms with Crippen LogP contribution in [0.25, 0.3) is 0 Å². The van der Waals surface area contributed by atoms with E-state index in [4.69, 9.17) is 10.5 Å². The minimum absolute atomic E-state index is 0.0850. The van der Waals surface area contributed by atoms with Crippen LogP contribution in [0.15, 0.2) is 30.3 Å². The molecule has 1 aromatic rings. The molecule has 106 valence electrons. The highest BCUT2D eigenvalue weighted by Gasteiger charge is 2.28. The summed E-state index contributed by atoms with van der Waals surface area (Å²) < 4.78 is 5.75. The van der Waals surface area contributed by atoms with Crippen molar-refractivity contribution in [3.8, 4) is 0 Å². The molecule has 1 aliphatic rings. The Morgan fingerprint density at radius 2 is 2.05 bits per heavy atom. The molecule has 0 spiro atoms. The van der Waals surface area contributed by atoms with Crippen LogP contribution in [0, 0.1) is 0 Å². The summed E-state index contributed by atoms with van der Waals surface area (Å²) >= 11 is 0. The van der Waals surface area contributed by atoms with Crippen LogP contribution in [-0.4, -0.2) is 36.7 Å². The first-order valence-electron chi connectivity index (χ1n) is 7.42. The van der Waals surface area contributed by atoms with Gasteiger partial charge in [-0.05, 0) is 18.4 Å². The summed E-state index contributed by atoms with van der Waals surface area (Å²) in [5.41, 5.74) is 7.72. The number of ether oxygens (including phenoxy) is 1. The van der Waals surface area contributed by atoms with Crippen LogP contribution in [0.4, 0.5) is 0 Å². The van der Waals surface area contributed by atoms with E-state index in [0.717, 1.165) is 32.5 Å². The SMILES string of the molecule is CCC1CN(C(CC)C(N)c2ccccc2)CCO1. The second-order valence-corrected chi connectivity index (χ2v) is 5.31. The smallest absolute Gasteiger partial charge is 0.0700 e. The van der Waals surface area contributed by atoms with Crippen molar-refractivity contribution >= 4 is 0 Å². The zero-order valence-corrected chi connectivity index (χ0v) is 12.1. The number of morpholine rings is 1. The van der Waals surface area contributed by atoms with E-state index in [0.29, 0.717) is 12.1 Å². The van der Waals surface area contributed by atoms with E-state index in [-0.39, 0.29) is 6.04 Å². The van der Waals surface area contributed by atoms with E-state index in [1.807, 2.05) is 6.07 Å².